The number of carbonyl (C=O) groups excluding carboxylic acids is 2. The number of nitrogens with one attached hydrogen (secondary N) is 1. The number of imide groups is 1. The minimum Gasteiger partial charge on any atom is -0.334 e. The van der Waals surface area contributed by atoms with E-state index in [0.29, 0.717) is 18.0 Å². The Labute approximate surface area is 143 Å². The normalized spacial score (nSPS) is 16.8. The van der Waals surface area contributed by atoms with Gasteiger partial charge in [0, 0.05) is 16.5 Å². The number of amides is 3. The smallest absolute Gasteiger partial charge is 0.325 e. The van der Waals surface area contributed by atoms with Crippen molar-refractivity contribution in [2.24, 2.45) is 0 Å². The molecule has 0 spiro atoms. The number of likely N-dealkylation sites (tertiary alicyclic amines) is 1. The third-order valence-corrected chi connectivity index (χ3v) is 4.89. The van der Waals surface area contributed by atoms with Gasteiger partial charge in [0.25, 0.3) is 0 Å². The Morgan fingerprint density at radius 1 is 1.22 bits per heavy atom. The number of halogens is 1. The predicted molar refractivity (Wildman–Crippen MR) is 91.2 cm³/mol. The topological polar surface area (TPSA) is 49.4 Å². The van der Waals surface area contributed by atoms with Crippen LogP contribution < -0.4 is 5.32 Å². The third-order valence-electron chi connectivity index (χ3n) is 3.48. The summed E-state index contributed by atoms with van der Waals surface area (Å²) < 4.78 is 0. The van der Waals surface area contributed by atoms with Gasteiger partial charge in [-0.05, 0) is 23.8 Å². The molecular weight excluding hydrogens is 332 g/mol. The summed E-state index contributed by atoms with van der Waals surface area (Å²) in [7, 11) is 0. The maximum atomic E-state index is 12.2. The number of nitrogens with zero attached hydrogens (tertiary/aromatic N) is 1. The van der Waals surface area contributed by atoms with Gasteiger partial charge in [-0.1, -0.05) is 59.8 Å². The van der Waals surface area contributed by atoms with Gasteiger partial charge in [-0.25, -0.2) is 4.79 Å². The van der Waals surface area contributed by atoms with Crippen LogP contribution in [0, 0.1) is 0 Å². The van der Waals surface area contributed by atoms with Crippen molar-refractivity contribution in [3.8, 4) is 0 Å². The van der Waals surface area contributed by atoms with Crippen molar-refractivity contribution in [2.45, 2.75) is 23.2 Å². The fourth-order valence-electron chi connectivity index (χ4n) is 2.28. The summed E-state index contributed by atoms with van der Waals surface area (Å²) in [4.78, 5) is 26.2. The van der Waals surface area contributed by atoms with Crippen molar-refractivity contribution in [3.05, 3.63) is 65.2 Å². The Balaban J connectivity index is 1.59. The summed E-state index contributed by atoms with van der Waals surface area (Å²) in [6.45, 7) is 0.401. The van der Waals surface area contributed by atoms with Crippen LogP contribution in [0.4, 0.5) is 4.79 Å². The summed E-state index contributed by atoms with van der Waals surface area (Å²) in [6.07, 6.45) is 0.357. The summed E-state index contributed by atoms with van der Waals surface area (Å²) >= 11 is 7.43. The van der Waals surface area contributed by atoms with E-state index in [-0.39, 0.29) is 17.3 Å². The average Bonchev–Trinajstić information content (AvgIpc) is 2.53. The third kappa shape index (κ3) is 3.86. The largest absolute Gasteiger partial charge is 0.334 e. The Bertz CT molecular complexity index is 724. The molecule has 23 heavy (non-hydrogen) atoms. The van der Waals surface area contributed by atoms with Crippen molar-refractivity contribution in [2.75, 3.05) is 0 Å². The second-order valence-corrected chi connectivity index (χ2v) is 6.83. The van der Waals surface area contributed by atoms with Gasteiger partial charge in [0.2, 0.25) is 5.91 Å². The molecule has 0 bridgehead atoms. The first-order valence-corrected chi connectivity index (χ1v) is 8.45. The molecule has 3 amide bonds. The zero-order chi connectivity index (χ0) is 16.2. The quantitative estimate of drug-likeness (QED) is 0.854. The molecule has 1 unspecified atom stereocenters. The highest BCUT2D eigenvalue weighted by Gasteiger charge is 2.41. The van der Waals surface area contributed by atoms with Crippen LogP contribution in [0.2, 0.25) is 5.02 Å². The lowest BCUT2D eigenvalue weighted by atomic mass is 10.2. The first-order chi connectivity index (χ1) is 11.1. The number of urea groups is 1. The van der Waals surface area contributed by atoms with Crippen molar-refractivity contribution in [3.63, 3.8) is 0 Å². The molecule has 1 N–H and O–H groups in total. The molecule has 0 radical (unpaired) electrons. The fraction of sp³-hybridized carbons (Fsp3) is 0.176. The average molecular weight is 347 g/mol. The number of benzene rings is 2. The lowest BCUT2D eigenvalue weighted by molar-refractivity contribution is -0.137. The highest BCUT2D eigenvalue weighted by atomic mass is 35.5. The summed E-state index contributed by atoms with van der Waals surface area (Å²) in [6, 6.07) is 16.6. The molecule has 0 aromatic heterocycles. The minimum absolute atomic E-state index is 0.157. The Morgan fingerprint density at radius 3 is 2.70 bits per heavy atom. The molecule has 118 valence electrons. The molecule has 2 aromatic carbocycles. The molecular formula is C17H15ClN2O2S. The monoisotopic (exact) mass is 346 g/mol. The van der Waals surface area contributed by atoms with E-state index in [9.17, 15) is 9.59 Å². The predicted octanol–water partition coefficient (Wildman–Crippen LogP) is 3.90. The Morgan fingerprint density at radius 2 is 2.00 bits per heavy atom. The molecule has 0 saturated carbocycles. The summed E-state index contributed by atoms with van der Waals surface area (Å²) in [5.74, 6) is -0.157. The molecule has 1 fully saturated rings. The van der Waals surface area contributed by atoms with Crippen LogP contribution in [0.1, 0.15) is 12.0 Å². The number of carbonyl (C=O) groups is 2. The van der Waals surface area contributed by atoms with E-state index in [1.807, 2.05) is 48.5 Å². The molecule has 6 heteroatoms. The summed E-state index contributed by atoms with van der Waals surface area (Å²) in [5.41, 5.74) is 0.993. The van der Waals surface area contributed by atoms with E-state index >= 15 is 0 Å². The molecule has 1 aliphatic heterocycles. The maximum absolute atomic E-state index is 12.2. The van der Waals surface area contributed by atoms with Crippen LogP contribution in [-0.2, 0) is 11.3 Å². The SMILES string of the molecule is O=C1CC(Sc2cccc(Cl)c2)N1C(=O)NCc1ccccc1. The minimum atomic E-state index is -0.357. The number of rotatable bonds is 4. The van der Waals surface area contributed by atoms with Gasteiger partial charge in [-0.2, -0.15) is 0 Å². The van der Waals surface area contributed by atoms with E-state index < -0.39 is 0 Å². The first kappa shape index (κ1) is 15.9. The van der Waals surface area contributed by atoms with E-state index in [2.05, 4.69) is 5.32 Å². The summed E-state index contributed by atoms with van der Waals surface area (Å²) in [5, 5.41) is 3.24. The zero-order valence-corrected chi connectivity index (χ0v) is 13.8. The van der Waals surface area contributed by atoms with Crippen LogP contribution in [-0.4, -0.2) is 22.2 Å². The van der Waals surface area contributed by atoms with Gasteiger partial charge in [0.1, 0.15) is 5.37 Å². The van der Waals surface area contributed by atoms with E-state index in [0.717, 1.165) is 10.5 Å². The molecule has 1 heterocycles. The number of thioether (sulfide) groups is 1. The van der Waals surface area contributed by atoms with E-state index in [1.54, 1.807) is 6.07 Å². The second-order valence-electron chi connectivity index (χ2n) is 5.14. The Hall–Kier alpha value is -1.98. The lowest BCUT2D eigenvalue weighted by Gasteiger charge is -2.37. The molecule has 1 saturated heterocycles. The van der Waals surface area contributed by atoms with Gasteiger partial charge in [-0.3, -0.25) is 9.69 Å². The van der Waals surface area contributed by atoms with Crippen LogP contribution in [0.3, 0.4) is 0 Å². The van der Waals surface area contributed by atoms with Crippen molar-refractivity contribution >= 4 is 35.3 Å². The van der Waals surface area contributed by atoms with Gasteiger partial charge >= 0.3 is 6.03 Å². The van der Waals surface area contributed by atoms with Crippen LogP contribution in [0.25, 0.3) is 0 Å². The highest BCUT2D eigenvalue weighted by Crippen LogP contribution is 2.35. The molecule has 2 aromatic rings. The van der Waals surface area contributed by atoms with Crippen molar-refractivity contribution in [1.29, 1.82) is 0 Å². The number of hydrogen-bond acceptors (Lipinski definition) is 3. The first-order valence-electron chi connectivity index (χ1n) is 7.19. The molecule has 4 nitrogen and oxygen atoms in total. The van der Waals surface area contributed by atoms with Gasteiger partial charge in [0.15, 0.2) is 0 Å². The maximum Gasteiger partial charge on any atom is 0.325 e. The Kier molecular flexibility index (Phi) is 4.88. The van der Waals surface area contributed by atoms with Crippen molar-refractivity contribution < 1.29 is 9.59 Å². The zero-order valence-electron chi connectivity index (χ0n) is 12.2. The van der Waals surface area contributed by atoms with Crippen LogP contribution in [0.15, 0.2) is 59.5 Å². The lowest BCUT2D eigenvalue weighted by Crippen LogP contribution is -2.57. The molecule has 3 rings (SSSR count). The second kappa shape index (κ2) is 7.06. The fourth-order valence-corrected chi connectivity index (χ4v) is 3.75. The van der Waals surface area contributed by atoms with Crippen LogP contribution >= 0.6 is 23.4 Å². The molecule has 1 atom stereocenters. The number of β-lactam (4-membered cyclic amide) rings is 1. The van der Waals surface area contributed by atoms with Gasteiger partial charge in [-0.15, -0.1) is 0 Å². The van der Waals surface area contributed by atoms with E-state index in [1.165, 1.54) is 16.7 Å². The molecule has 1 aliphatic rings. The van der Waals surface area contributed by atoms with E-state index in [4.69, 9.17) is 11.6 Å². The standard InChI is InChI=1S/C17H15ClN2O2S/c18-13-7-4-8-14(9-13)23-16-10-15(21)20(16)17(22)19-11-12-5-2-1-3-6-12/h1-9,16H,10-11H2,(H,19,22). The number of hydrogen-bond donors (Lipinski definition) is 1. The molecule has 0 aliphatic carbocycles. The van der Waals surface area contributed by atoms with Gasteiger partial charge < -0.3 is 5.32 Å². The highest BCUT2D eigenvalue weighted by molar-refractivity contribution is 8.00. The van der Waals surface area contributed by atoms with Crippen LogP contribution in [0.5, 0.6) is 0 Å². The van der Waals surface area contributed by atoms with Crippen molar-refractivity contribution in [1.82, 2.24) is 10.2 Å². The van der Waals surface area contributed by atoms with Gasteiger partial charge in [0.05, 0.1) is 6.42 Å².